The van der Waals surface area contributed by atoms with E-state index in [0.717, 1.165) is 37.0 Å². The molecule has 1 saturated heterocycles. The highest BCUT2D eigenvalue weighted by Gasteiger charge is 2.47. The number of nitrogens with zero attached hydrogens (tertiary/aromatic N) is 1. The fraction of sp³-hybridized carbons (Fsp3) is 0.579. The number of halogens is 1. The molecule has 2 fully saturated rings. The van der Waals surface area contributed by atoms with Crippen LogP contribution in [0.3, 0.4) is 0 Å². The molecule has 1 heterocycles. The average molecular weight is 398 g/mol. The van der Waals surface area contributed by atoms with Gasteiger partial charge in [-0.05, 0) is 49.9 Å². The minimum Gasteiger partial charge on any atom is -0.497 e. The van der Waals surface area contributed by atoms with Crippen molar-refractivity contribution in [3.8, 4) is 5.75 Å². The maximum absolute atomic E-state index is 12.7. The third-order valence-corrected chi connectivity index (χ3v) is 4.85. The first-order chi connectivity index (χ1) is 12.7. The van der Waals surface area contributed by atoms with E-state index in [-0.39, 0.29) is 36.9 Å². The van der Waals surface area contributed by atoms with Crippen molar-refractivity contribution in [3.05, 3.63) is 29.8 Å². The number of hydrogen-bond acceptors (Lipinski definition) is 5. The fourth-order valence-electron chi connectivity index (χ4n) is 3.35. The molecule has 2 amide bonds. The molecule has 3 rings (SSSR count). The highest BCUT2D eigenvalue weighted by Crippen LogP contribution is 2.39. The predicted octanol–water partition coefficient (Wildman–Crippen LogP) is 1.40. The van der Waals surface area contributed by atoms with E-state index in [1.165, 1.54) is 0 Å². The number of methoxy groups -OCH3 is 1. The summed E-state index contributed by atoms with van der Waals surface area (Å²) in [5.41, 5.74) is 6.37. The summed E-state index contributed by atoms with van der Waals surface area (Å²) in [5, 5.41) is 2.92. The van der Waals surface area contributed by atoms with Gasteiger partial charge in [-0.3, -0.25) is 9.59 Å². The molecule has 0 radical (unpaired) electrons. The second-order valence-corrected chi connectivity index (χ2v) is 6.77. The minimum absolute atomic E-state index is 0. The lowest BCUT2D eigenvalue weighted by Crippen LogP contribution is -2.55. The van der Waals surface area contributed by atoms with E-state index < -0.39 is 12.1 Å². The third kappa shape index (κ3) is 5.12. The van der Waals surface area contributed by atoms with E-state index in [1.807, 2.05) is 29.2 Å². The molecular weight excluding hydrogens is 370 g/mol. The number of rotatable bonds is 8. The molecule has 27 heavy (non-hydrogen) atoms. The Kier molecular flexibility index (Phi) is 7.89. The van der Waals surface area contributed by atoms with Gasteiger partial charge in [0.1, 0.15) is 12.4 Å². The Morgan fingerprint density at radius 3 is 2.59 bits per heavy atom. The second kappa shape index (κ2) is 9.92. The molecule has 1 aliphatic heterocycles. The van der Waals surface area contributed by atoms with E-state index in [4.69, 9.17) is 15.2 Å². The summed E-state index contributed by atoms with van der Waals surface area (Å²) in [6.45, 7) is 1.11. The van der Waals surface area contributed by atoms with Crippen LogP contribution in [0.2, 0.25) is 0 Å². The quantitative estimate of drug-likeness (QED) is 0.647. The number of nitrogens with two attached hydrogens (primary N) is 1. The first-order valence-electron chi connectivity index (χ1n) is 9.20. The zero-order valence-corrected chi connectivity index (χ0v) is 16.4. The van der Waals surface area contributed by atoms with Crippen LogP contribution in [0.5, 0.6) is 5.75 Å². The van der Waals surface area contributed by atoms with Gasteiger partial charge in [-0.25, -0.2) is 0 Å². The standard InChI is InChI=1S/C19H27N3O4.ClH/c1-25-15-8-4-13(5-9-15)17-18(19(24)21-11-3-2-10-20)26-12-16(23)22(17)14-6-7-14;/h4-5,8-9,14,17-18H,2-3,6-7,10-12,20H2,1H3,(H,21,24);1H/t17-,18+;/m1./s1. The highest BCUT2D eigenvalue weighted by molar-refractivity contribution is 5.86. The van der Waals surface area contributed by atoms with Crippen molar-refractivity contribution in [2.24, 2.45) is 5.73 Å². The molecule has 0 bridgehead atoms. The Bertz CT molecular complexity index is 636. The van der Waals surface area contributed by atoms with Crippen molar-refractivity contribution in [1.29, 1.82) is 0 Å². The van der Waals surface area contributed by atoms with Crippen LogP contribution in [0.1, 0.15) is 37.3 Å². The van der Waals surface area contributed by atoms with Crippen LogP contribution in [-0.4, -0.2) is 55.7 Å². The van der Waals surface area contributed by atoms with Crippen LogP contribution in [0, 0.1) is 0 Å². The van der Waals surface area contributed by atoms with Crippen LogP contribution < -0.4 is 15.8 Å². The molecule has 1 aliphatic carbocycles. The van der Waals surface area contributed by atoms with Gasteiger partial charge in [0.05, 0.1) is 13.2 Å². The zero-order valence-electron chi connectivity index (χ0n) is 15.6. The van der Waals surface area contributed by atoms with Gasteiger partial charge in [0.2, 0.25) is 5.91 Å². The molecule has 1 aromatic carbocycles. The number of hydrogen-bond donors (Lipinski definition) is 2. The van der Waals surface area contributed by atoms with Crippen LogP contribution in [0.15, 0.2) is 24.3 Å². The van der Waals surface area contributed by atoms with Gasteiger partial charge in [-0.1, -0.05) is 12.1 Å². The molecule has 1 aromatic rings. The number of amides is 2. The molecule has 2 atom stereocenters. The van der Waals surface area contributed by atoms with Gasteiger partial charge >= 0.3 is 0 Å². The van der Waals surface area contributed by atoms with Gasteiger partial charge in [0.25, 0.3) is 5.91 Å². The molecule has 8 heteroatoms. The Balaban J connectivity index is 0.00000261. The highest BCUT2D eigenvalue weighted by atomic mass is 35.5. The number of morpholine rings is 1. The lowest BCUT2D eigenvalue weighted by molar-refractivity contribution is -0.165. The summed E-state index contributed by atoms with van der Waals surface area (Å²) >= 11 is 0. The number of carbonyl (C=O) groups is 2. The first-order valence-corrected chi connectivity index (χ1v) is 9.20. The van der Waals surface area contributed by atoms with Crippen LogP contribution >= 0.6 is 12.4 Å². The Hall–Kier alpha value is -1.83. The van der Waals surface area contributed by atoms with E-state index >= 15 is 0 Å². The van der Waals surface area contributed by atoms with Gasteiger partial charge in [0.15, 0.2) is 6.10 Å². The molecule has 150 valence electrons. The van der Waals surface area contributed by atoms with Gasteiger partial charge in [-0.15, -0.1) is 12.4 Å². The smallest absolute Gasteiger partial charge is 0.251 e. The van der Waals surface area contributed by atoms with Crippen molar-refractivity contribution in [2.75, 3.05) is 26.8 Å². The van der Waals surface area contributed by atoms with Crippen LogP contribution in [0.25, 0.3) is 0 Å². The lowest BCUT2D eigenvalue weighted by Gasteiger charge is -2.40. The fourth-order valence-corrected chi connectivity index (χ4v) is 3.35. The van der Waals surface area contributed by atoms with Crippen molar-refractivity contribution in [1.82, 2.24) is 10.2 Å². The summed E-state index contributed by atoms with van der Waals surface area (Å²) in [5.74, 6) is 0.499. The molecule has 0 unspecified atom stereocenters. The topological polar surface area (TPSA) is 93.9 Å². The normalized spacial score (nSPS) is 22.1. The summed E-state index contributed by atoms with van der Waals surface area (Å²) in [6.07, 6.45) is 2.93. The summed E-state index contributed by atoms with van der Waals surface area (Å²) in [4.78, 5) is 27.1. The maximum atomic E-state index is 12.7. The van der Waals surface area contributed by atoms with E-state index in [1.54, 1.807) is 7.11 Å². The average Bonchev–Trinajstić information content (AvgIpc) is 3.50. The maximum Gasteiger partial charge on any atom is 0.251 e. The van der Waals surface area contributed by atoms with Gasteiger partial charge < -0.3 is 25.4 Å². The SMILES string of the molecule is COc1ccc([C@@H]2[C@@H](C(=O)NCCCCN)OCC(=O)N2C2CC2)cc1.Cl. The predicted molar refractivity (Wildman–Crippen MR) is 104 cm³/mol. The number of unbranched alkanes of at least 4 members (excludes halogenated alkanes) is 1. The van der Waals surface area contributed by atoms with E-state index in [2.05, 4.69) is 5.32 Å². The van der Waals surface area contributed by atoms with Gasteiger partial charge in [0, 0.05) is 12.6 Å². The zero-order chi connectivity index (χ0) is 18.5. The summed E-state index contributed by atoms with van der Waals surface area (Å²) < 4.78 is 10.9. The van der Waals surface area contributed by atoms with Crippen molar-refractivity contribution < 1.29 is 19.1 Å². The molecular formula is C19H28ClN3O4. The Morgan fingerprint density at radius 1 is 1.30 bits per heavy atom. The molecule has 1 saturated carbocycles. The largest absolute Gasteiger partial charge is 0.497 e. The van der Waals surface area contributed by atoms with Crippen molar-refractivity contribution in [2.45, 2.75) is 43.9 Å². The molecule has 0 spiro atoms. The number of nitrogens with one attached hydrogen (secondary N) is 1. The third-order valence-electron chi connectivity index (χ3n) is 4.85. The Labute approximate surface area is 166 Å². The summed E-state index contributed by atoms with van der Waals surface area (Å²) in [7, 11) is 1.61. The van der Waals surface area contributed by atoms with Crippen molar-refractivity contribution in [3.63, 3.8) is 0 Å². The molecule has 3 N–H and O–H groups in total. The van der Waals surface area contributed by atoms with E-state index in [9.17, 15) is 9.59 Å². The van der Waals surface area contributed by atoms with Crippen LogP contribution in [-0.2, 0) is 14.3 Å². The second-order valence-electron chi connectivity index (χ2n) is 6.77. The van der Waals surface area contributed by atoms with Crippen molar-refractivity contribution >= 4 is 24.2 Å². The molecule has 2 aliphatic rings. The molecule has 7 nitrogen and oxygen atoms in total. The number of benzene rings is 1. The molecule has 0 aromatic heterocycles. The lowest BCUT2D eigenvalue weighted by atomic mass is 9.96. The monoisotopic (exact) mass is 397 g/mol. The van der Waals surface area contributed by atoms with Crippen LogP contribution in [0.4, 0.5) is 0 Å². The minimum atomic E-state index is -0.709. The van der Waals surface area contributed by atoms with E-state index in [0.29, 0.717) is 13.1 Å². The summed E-state index contributed by atoms with van der Waals surface area (Å²) in [6, 6.07) is 7.27. The Morgan fingerprint density at radius 2 is 2.00 bits per heavy atom. The van der Waals surface area contributed by atoms with Gasteiger partial charge in [-0.2, -0.15) is 0 Å². The number of carbonyl (C=O) groups excluding carboxylic acids is 2. The first kappa shape index (κ1) is 21.5. The number of ether oxygens (including phenoxy) is 2.